The second kappa shape index (κ2) is 7.78. The number of carbonyl (C=O) groups is 2. The summed E-state index contributed by atoms with van der Waals surface area (Å²) in [4.78, 5) is 41.0. The van der Waals surface area contributed by atoms with Gasteiger partial charge in [0, 0.05) is 44.0 Å². The normalized spacial score (nSPS) is 20.7. The van der Waals surface area contributed by atoms with Gasteiger partial charge in [-0.3, -0.25) is 14.6 Å². The summed E-state index contributed by atoms with van der Waals surface area (Å²) in [5, 5.41) is 3.33. The largest absolute Gasteiger partial charge is 0.384 e. The fraction of sp³-hybridized carbons (Fsp3) is 0.364. The van der Waals surface area contributed by atoms with Gasteiger partial charge in [-0.25, -0.2) is 4.98 Å². The molecule has 5 rings (SSSR count). The molecule has 30 heavy (non-hydrogen) atoms. The van der Waals surface area contributed by atoms with Crippen molar-refractivity contribution >= 4 is 28.5 Å². The van der Waals surface area contributed by atoms with Crippen LogP contribution >= 0.6 is 0 Å². The average Bonchev–Trinajstić information content (AvgIpc) is 3.47. The van der Waals surface area contributed by atoms with E-state index in [1.165, 1.54) is 0 Å². The predicted octanol–water partition coefficient (Wildman–Crippen LogP) is 2.28. The maximum Gasteiger partial charge on any atom is 0.254 e. The lowest BCUT2D eigenvalue weighted by molar-refractivity contribution is -0.129. The number of hydrogen-bond donors (Lipinski definition) is 2. The Hall–Kier alpha value is -3.42. The topological polar surface area (TPSA) is 94.2 Å². The summed E-state index contributed by atoms with van der Waals surface area (Å²) in [5.41, 5.74) is 3.31. The van der Waals surface area contributed by atoms with Crippen LogP contribution in [-0.4, -0.2) is 68.3 Å². The van der Waals surface area contributed by atoms with E-state index < -0.39 is 0 Å². The zero-order chi connectivity index (χ0) is 20.5. The highest BCUT2D eigenvalue weighted by Crippen LogP contribution is 2.33. The first-order valence-electron chi connectivity index (χ1n) is 10.4. The fourth-order valence-corrected chi connectivity index (χ4v) is 4.65. The van der Waals surface area contributed by atoms with E-state index in [2.05, 4.69) is 20.3 Å². The number of aromatic nitrogens is 3. The number of anilines is 1. The number of likely N-dealkylation sites (tertiary alicyclic amines) is 2. The van der Waals surface area contributed by atoms with E-state index in [0.717, 1.165) is 36.1 Å². The van der Waals surface area contributed by atoms with Crippen molar-refractivity contribution in [1.82, 2.24) is 24.8 Å². The van der Waals surface area contributed by atoms with Crippen molar-refractivity contribution in [2.75, 3.05) is 25.0 Å². The summed E-state index contributed by atoms with van der Waals surface area (Å²) in [6.07, 6.45) is 7.27. The smallest absolute Gasteiger partial charge is 0.254 e. The highest BCUT2D eigenvalue weighted by molar-refractivity contribution is 5.98. The van der Waals surface area contributed by atoms with Crippen LogP contribution in [-0.2, 0) is 4.79 Å². The molecule has 2 atom stereocenters. The number of imidazole rings is 1. The minimum absolute atomic E-state index is 0.00751. The summed E-state index contributed by atoms with van der Waals surface area (Å²) < 4.78 is 0. The van der Waals surface area contributed by atoms with Gasteiger partial charge in [-0.15, -0.1) is 0 Å². The third kappa shape index (κ3) is 3.38. The van der Waals surface area contributed by atoms with Crippen LogP contribution in [0.2, 0.25) is 0 Å². The minimum atomic E-state index is -0.0336. The number of benzene rings is 1. The zero-order valence-corrected chi connectivity index (χ0v) is 16.6. The van der Waals surface area contributed by atoms with Crippen LogP contribution in [0.1, 0.15) is 29.6 Å². The monoisotopic (exact) mass is 404 g/mol. The van der Waals surface area contributed by atoms with Crippen molar-refractivity contribution in [3.63, 3.8) is 0 Å². The van der Waals surface area contributed by atoms with Crippen LogP contribution in [0, 0.1) is 0 Å². The van der Waals surface area contributed by atoms with Gasteiger partial charge < -0.3 is 20.1 Å². The van der Waals surface area contributed by atoms with Crippen molar-refractivity contribution in [3.05, 3.63) is 54.6 Å². The minimum Gasteiger partial charge on any atom is -0.384 e. The Labute approximate surface area is 174 Å². The first kappa shape index (κ1) is 18.6. The second-order valence-electron chi connectivity index (χ2n) is 7.87. The molecule has 3 aromatic rings. The van der Waals surface area contributed by atoms with E-state index in [-0.39, 0.29) is 23.9 Å². The Morgan fingerprint density at radius 1 is 1.27 bits per heavy atom. The van der Waals surface area contributed by atoms with Crippen LogP contribution in [0.3, 0.4) is 0 Å². The molecule has 0 spiro atoms. The summed E-state index contributed by atoms with van der Waals surface area (Å²) >= 11 is 0. The van der Waals surface area contributed by atoms with Crippen molar-refractivity contribution in [2.45, 2.75) is 31.3 Å². The summed E-state index contributed by atoms with van der Waals surface area (Å²) in [6.45, 7) is 2.17. The van der Waals surface area contributed by atoms with Crippen molar-refractivity contribution in [3.8, 4) is 0 Å². The molecule has 2 aliphatic rings. The number of nitrogens with one attached hydrogen (secondary N) is 2. The molecule has 2 amide bonds. The molecule has 2 fully saturated rings. The number of carbonyl (C=O) groups excluding carboxylic acids is 2. The molecule has 154 valence electrons. The lowest BCUT2D eigenvalue weighted by atomic mass is 10.1. The number of nitrogens with zero attached hydrogens (tertiary/aromatic N) is 4. The average molecular weight is 404 g/mol. The molecule has 2 aromatic heterocycles. The van der Waals surface area contributed by atoms with E-state index in [4.69, 9.17) is 0 Å². The van der Waals surface area contributed by atoms with Gasteiger partial charge in [0.2, 0.25) is 5.91 Å². The third-order valence-corrected chi connectivity index (χ3v) is 6.11. The van der Waals surface area contributed by atoms with E-state index in [9.17, 15) is 9.59 Å². The van der Waals surface area contributed by atoms with Gasteiger partial charge in [0.1, 0.15) is 0 Å². The van der Waals surface area contributed by atoms with Gasteiger partial charge >= 0.3 is 0 Å². The van der Waals surface area contributed by atoms with Gasteiger partial charge in [-0.05, 0) is 43.2 Å². The molecule has 0 radical (unpaired) electrons. The van der Waals surface area contributed by atoms with Crippen LogP contribution in [0.15, 0.2) is 49.1 Å². The fourth-order valence-electron chi connectivity index (χ4n) is 4.65. The summed E-state index contributed by atoms with van der Waals surface area (Å²) in [5.74, 6) is 0.139. The number of rotatable bonds is 6. The Morgan fingerprint density at radius 3 is 3.07 bits per heavy atom. The molecule has 0 aliphatic carbocycles. The predicted molar refractivity (Wildman–Crippen MR) is 113 cm³/mol. The second-order valence-corrected chi connectivity index (χ2v) is 7.87. The summed E-state index contributed by atoms with van der Waals surface area (Å²) in [6, 6.07) is 9.47. The van der Waals surface area contributed by atoms with E-state index in [1.54, 1.807) is 18.7 Å². The van der Waals surface area contributed by atoms with Crippen molar-refractivity contribution < 1.29 is 9.59 Å². The highest BCUT2D eigenvalue weighted by Gasteiger charge is 2.48. The Bertz CT molecular complexity index is 1070. The van der Waals surface area contributed by atoms with Crippen LogP contribution < -0.4 is 5.32 Å². The maximum absolute atomic E-state index is 13.1. The molecule has 0 unspecified atom stereocenters. The lowest BCUT2D eigenvalue weighted by Gasteiger charge is -2.25. The molecule has 2 N–H and O–H groups in total. The van der Waals surface area contributed by atoms with E-state index in [1.807, 2.05) is 40.1 Å². The molecule has 2 saturated heterocycles. The maximum atomic E-state index is 13.1. The number of H-pyrrole nitrogens is 1. The molecule has 0 saturated carbocycles. The number of aromatic amines is 1. The number of hydrogen-bond acceptors (Lipinski definition) is 5. The lowest BCUT2D eigenvalue weighted by Crippen LogP contribution is -2.40. The van der Waals surface area contributed by atoms with E-state index >= 15 is 0 Å². The van der Waals surface area contributed by atoms with Gasteiger partial charge in [0.15, 0.2) is 0 Å². The first-order valence-corrected chi connectivity index (χ1v) is 10.4. The summed E-state index contributed by atoms with van der Waals surface area (Å²) in [7, 11) is 0. The van der Waals surface area contributed by atoms with Crippen LogP contribution in [0.5, 0.6) is 0 Å². The van der Waals surface area contributed by atoms with Gasteiger partial charge in [0.05, 0.1) is 35.1 Å². The van der Waals surface area contributed by atoms with Crippen LogP contribution in [0.25, 0.3) is 11.0 Å². The molecule has 8 nitrogen and oxygen atoms in total. The molecule has 0 bridgehead atoms. The van der Waals surface area contributed by atoms with Gasteiger partial charge in [-0.2, -0.15) is 0 Å². The standard InChI is InChI=1S/C22H24N6O2/c29-21-12-20-19(27(21)9-2-8-24-16-3-1-7-23-13-16)6-10-28(20)22(30)15-4-5-17-18(11-15)26-14-25-17/h1,3-5,7,11,13-14,19-20,24H,2,6,8-10,12H2,(H,25,26)/t19-,20-/m0/s1. The highest BCUT2D eigenvalue weighted by atomic mass is 16.2. The third-order valence-electron chi connectivity index (χ3n) is 6.11. The molecular weight excluding hydrogens is 380 g/mol. The van der Waals surface area contributed by atoms with Gasteiger partial charge in [-0.1, -0.05) is 0 Å². The van der Waals surface area contributed by atoms with Crippen LogP contribution in [0.4, 0.5) is 5.69 Å². The Morgan fingerprint density at radius 2 is 2.20 bits per heavy atom. The SMILES string of the molecule is O=C1C[C@H]2[C@H](CCN2C(=O)c2ccc3nc[nH]c3c2)N1CCCNc1cccnc1. The molecular formula is C22H24N6O2. The molecule has 4 heterocycles. The molecule has 8 heteroatoms. The van der Waals surface area contributed by atoms with Crippen molar-refractivity contribution in [1.29, 1.82) is 0 Å². The first-order chi connectivity index (χ1) is 14.7. The number of fused-ring (bicyclic) bond motifs is 2. The molecule has 1 aromatic carbocycles. The van der Waals surface area contributed by atoms with E-state index in [0.29, 0.717) is 25.1 Å². The van der Waals surface area contributed by atoms with Crippen molar-refractivity contribution in [2.24, 2.45) is 0 Å². The quantitative estimate of drug-likeness (QED) is 0.615. The number of pyridine rings is 1. The zero-order valence-electron chi connectivity index (χ0n) is 16.6. The Kier molecular flexibility index (Phi) is 4.82. The number of amides is 2. The Balaban J connectivity index is 1.21. The van der Waals surface area contributed by atoms with Gasteiger partial charge in [0.25, 0.3) is 5.91 Å². The molecule has 2 aliphatic heterocycles.